The van der Waals surface area contributed by atoms with Gasteiger partial charge in [-0.3, -0.25) is 10.1 Å². The van der Waals surface area contributed by atoms with Crippen LogP contribution in [0, 0.1) is 0 Å². The standard InChI is InChI=1S/C16H20N4O6/c21-8-12(23)14(25)13(24)11(22)7-17-20-16-18-10(15(26)19-16)6-9-4-2-1-3-5-9/h1-7,11-14,21-25H,8H2,(H2,18,19,20,26)/b10-6+,17-7?. The molecule has 4 unspecified atom stereocenters. The van der Waals surface area contributed by atoms with Gasteiger partial charge in [0, 0.05) is 0 Å². The second-order valence-electron chi connectivity index (χ2n) is 5.47. The Balaban J connectivity index is 1.95. The number of aliphatic imine (C=N–C) groups is 1. The molecule has 10 heteroatoms. The Bertz CT molecular complexity index is 706. The normalized spacial score (nSPS) is 20.6. The molecule has 2 rings (SSSR count). The largest absolute Gasteiger partial charge is 0.394 e. The van der Waals surface area contributed by atoms with Gasteiger partial charge >= 0.3 is 0 Å². The Kier molecular flexibility index (Phi) is 6.95. The molecule has 1 aromatic rings. The van der Waals surface area contributed by atoms with Gasteiger partial charge < -0.3 is 25.5 Å². The number of hydrazone groups is 1. The number of aliphatic hydroxyl groups excluding tert-OH is 5. The van der Waals surface area contributed by atoms with Crippen LogP contribution < -0.4 is 10.7 Å². The highest BCUT2D eigenvalue weighted by Gasteiger charge is 2.29. The second-order valence-corrected chi connectivity index (χ2v) is 5.47. The van der Waals surface area contributed by atoms with Crippen LogP contribution in [-0.2, 0) is 4.79 Å². The lowest BCUT2D eigenvalue weighted by Crippen LogP contribution is -2.46. The molecule has 0 radical (unpaired) electrons. The summed E-state index contributed by atoms with van der Waals surface area (Å²) in [6, 6.07) is 9.10. The van der Waals surface area contributed by atoms with E-state index in [1.54, 1.807) is 6.08 Å². The minimum atomic E-state index is -1.77. The van der Waals surface area contributed by atoms with Crippen LogP contribution in [0.5, 0.6) is 0 Å². The van der Waals surface area contributed by atoms with Crippen molar-refractivity contribution in [1.29, 1.82) is 0 Å². The summed E-state index contributed by atoms with van der Waals surface area (Å²) in [5, 5.41) is 52.7. The Morgan fingerprint density at radius 1 is 1.15 bits per heavy atom. The zero-order valence-corrected chi connectivity index (χ0v) is 13.6. The number of nitrogens with zero attached hydrogens (tertiary/aromatic N) is 2. The lowest BCUT2D eigenvalue weighted by Gasteiger charge is -2.23. The van der Waals surface area contributed by atoms with Crippen molar-refractivity contribution in [2.45, 2.75) is 24.4 Å². The van der Waals surface area contributed by atoms with E-state index >= 15 is 0 Å². The first kappa shape index (κ1) is 19.7. The molecule has 0 saturated carbocycles. The van der Waals surface area contributed by atoms with E-state index in [1.165, 1.54) is 0 Å². The number of hydrogen-bond acceptors (Lipinski definition) is 9. The van der Waals surface area contributed by atoms with Crippen LogP contribution in [0.4, 0.5) is 0 Å². The molecule has 1 heterocycles. The molecule has 0 aromatic heterocycles. The van der Waals surface area contributed by atoms with Crippen molar-refractivity contribution in [1.82, 2.24) is 10.7 Å². The average Bonchev–Trinajstić information content (AvgIpc) is 2.99. The van der Waals surface area contributed by atoms with Crippen molar-refractivity contribution in [2.75, 3.05) is 6.61 Å². The van der Waals surface area contributed by atoms with Crippen molar-refractivity contribution in [3.63, 3.8) is 0 Å². The Hall–Kier alpha value is -2.63. The third-order valence-electron chi connectivity index (χ3n) is 3.48. The molecular weight excluding hydrogens is 344 g/mol. The molecule has 26 heavy (non-hydrogen) atoms. The van der Waals surface area contributed by atoms with Crippen molar-refractivity contribution < 1.29 is 30.3 Å². The van der Waals surface area contributed by atoms with E-state index in [1.807, 2.05) is 30.3 Å². The summed E-state index contributed by atoms with van der Waals surface area (Å²) < 4.78 is 0. The predicted molar refractivity (Wildman–Crippen MR) is 92.7 cm³/mol. The molecule has 140 valence electrons. The van der Waals surface area contributed by atoms with E-state index in [0.29, 0.717) is 0 Å². The van der Waals surface area contributed by atoms with Gasteiger partial charge in [0.15, 0.2) is 0 Å². The van der Waals surface area contributed by atoms with Gasteiger partial charge in [-0.1, -0.05) is 30.3 Å². The fourth-order valence-electron chi connectivity index (χ4n) is 2.03. The van der Waals surface area contributed by atoms with E-state index in [4.69, 9.17) is 5.11 Å². The molecule has 10 nitrogen and oxygen atoms in total. The van der Waals surface area contributed by atoms with E-state index < -0.39 is 36.9 Å². The molecule has 0 spiro atoms. The summed E-state index contributed by atoms with van der Waals surface area (Å²) in [7, 11) is 0. The molecule has 1 aliphatic heterocycles. The highest BCUT2D eigenvalue weighted by atomic mass is 16.4. The summed E-state index contributed by atoms with van der Waals surface area (Å²) in [5.41, 5.74) is 3.33. The fraction of sp³-hybridized carbons (Fsp3) is 0.312. The number of rotatable bonds is 7. The fourth-order valence-corrected chi connectivity index (χ4v) is 2.03. The molecular formula is C16H20N4O6. The highest BCUT2D eigenvalue weighted by molar-refractivity contribution is 6.13. The smallest absolute Gasteiger partial charge is 0.276 e. The number of aliphatic hydroxyl groups is 5. The number of guanidine groups is 1. The van der Waals surface area contributed by atoms with E-state index in [-0.39, 0.29) is 11.7 Å². The third kappa shape index (κ3) is 5.18. The van der Waals surface area contributed by atoms with Crippen LogP contribution in [0.25, 0.3) is 6.08 Å². The molecule has 0 aliphatic carbocycles. The predicted octanol–water partition coefficient (Wildman–Crippen LogP) is -2.48. The maximum Gasteiger partial charge on any atom is 0.276 e. The Labute approximate surface area is 148 Å². The van der Waals surface area contributed by atoms with Crippen LogP contribution in [-0.4, -0.2) is 74.6 Å². The second kappa shape index (κ2) is 9.17. The van der Waals surface area contributed by atoms with Crippen molar-refractivity contribution in [2.24, 2.45) is 10.1 Å². The summed E-state index contributed by atoms with van der Waals surface area (Å²) in [5.74, 6) is -0.417. The number of carbonyl (C=O) groups excluding carboxylic acids is 1. The van der Waals surface area contributed by atoms with Crippen LogP contribution in [0.15, 0.2) is 46.1 Å². The lowest BCUT2D eigenvalue weighted by molar-refractivity contribution is -0.115. The van der Waals surface area contributed by atoms with Crippen LogP contribution >= 0.6 is 0 Å². The third-order valence-corrected chi connectivity index (χ3v) is 3.48. The average molecular weight is 364 g/mol. The summed E-state index contributed by atoms with van der Waals surface area (Å²) in [6.45, 7) is -0.778. The zero-order valence-electron chi connectivity index (χ0n) is 13.6. The first-order valence-corrected chi connectivity index (χ1v) is 7.71. The molecule has 7 N–H and O–H groups in total. The first-order valence-electron chi connectivity index (χ1n) is 7.71. The topological polar surface area (TPSA) is 167 Å². The minimum Gasteiger partial charge on any atom is -0.394 e. The molecule has 0 fully saturated rings. The Morgan fingerprint density at radius 3 is 2.50 bits per heavy atom. The molecule has 1 aliphatic rings. The van der Waals surface area contributed by atoms with Gasteiger partial charge in [0.1, 0.15) is 30.1 Å². The van der Waals surface area contributed by atoms with Crippen LogP contribution in [0.2, 0.25) is 0 Å². The maximum atomic E-state index is 11.8. The van der Waals surface area contributed by atoms with Crippen LogP contribution in [0.3, 0.4) is 0 Å². The summed E-state index contributed by atoms with van der Waals surface area (Å²) >= 11 is 0. The van der Waals surface area contributed by atoms with Gasteiger partial charge in [-0.05, 0) is 11.6 Å². The van der Waals surface area contributed by atoms with Crippen molar-refractivity contribution in [3.05, 3.63) is 41.6 Å². The quantitative estimate of drug-likeness (QED) is 0.160. The molecule has 4 atom stereocenters. The monoisotopic (exact) mass is 364 g/mol. The van der Waals surface area contributed by atoms with Crippen molar-refractivity contribution in [3.8, 4) is 0 Å². The Morgan fingerprint density at radius 2 is 1.85 bits per heavy atom. The highest BCUT2D eigenvalue weighted by Crippen LogP contribution is 2.11. The molecule has 0 bridgehead atoms. The van der Waals surface area contributed by atoms with Gasteiger partial charge in [-0.25, -0.2) is 10.4 Å². The molecule has 1 aromatic carbocycles. The number of carbonyl (C=O) groups is 1. The first-order chi connectivity index (χ1) is 12.4. The number of nitrogens with one attached hydrogen (secondary N) is 2. The number of hydrogen-bond donors (Lipinski definition) is 7. The minimum absolute atomic E-state index is 0.0195. The van der Waals surface area contributed by atoms with Crippen LogP contribution in [0.1, 0.15) is 5.56 Å². The van der Waals surface area contributed by atoms with Gasteiger partial charge in [0.25, 0.3) is 5.91 Å². The van der Waals surface area contributed by atoms with Gasteiger partial charge in [0.2, 0.25) is 5.96 Å². The van der Waals surface area contributed by atoms with Gasteiger partial charge in [-0.2, -0.15) is 5.10 Å². The zero-order chi connectivity index (χ0) is 19.1. The van der Waals surface area contributed by atoms with E-state index in [2.05, 4.69) is 20.8 Å². The van der Waals surface area contributed by atoms with Gasteiger partial charge in [0.05, 0.1) is 12.8 Å². The number of amides is 1. The van der Waals surface area contributed by atoms with Gasteiger partial charge in [-0.15, -0.1) is 0 Å². The number of benzene rings is 1. The molecule has 1 amide bonds. The lowest BCUT2D eigenvalue weighted by atomic mass is 10.0. The van der Waals surface area contributed by atoms with E-state index in [9.17, 15) is 25.2 Å². The molecule has 0 saturated heterocycles. The summed E-state index contributed by atoms with van der Waals surface area (Å²) in [6.07, 6.45) is -4.33. The SMILES string of the molecule is O=C1NC(NN=CC(O)C(O)C(O)C(O)CO)=N/C1=C/c1ccccc1. The maximum absolute atomic E-state index is 11.8. The van der Waals surface area contributed by atoms with Crippen molar-refractivity contribution >= 4 is 24.2 Å². The summed E-state index contributed by atoms with van der Waals surface area (Å²) in [4.78, 5) is 15.8. The van der Waals surface area contributed by atoms with E-state index in [0.717, 1.165) is 11.8 Å².